The van der Waals surface area contributed by atoms with Crippen LogP contribution in [0.5, 0.6) is 0 Å². The van der Waals surface area contributed by atoms with Crippen molar-refractivity contribution in [2.75, 3.05) is 13.1 Å². The fourth-order valence-electron chi connectivity index (χ4n) is 8.39. The van der Waals surface area contributed by atoms with E-state index < -0.39 is 95.5 Å². The van der Waals surface area contributed by atoms with Crippen molar-refractivity contribution in [1.29, 1.82) is 5.41 Å². The number of guanidine groups is 1. The number of carbonyl (C=O) groups excluding carboxylic acids is 8. The van der Waals surface area contributed by atoms with Crippen molar-refractivity contribution in [3.63, 3.8) is 0 Å². The predicted octanol–water partition coefficient (Wildman–Crippen LogP) is -0.439. The number of benzene rings is 2. The van der Waals surface area contributed by atoms with E-state index in [0.29, 0.717) is 29.7 Å². The smallest absolute Gasteiger partial charge is 0.326 e. The van der Waals surface area contributed by atoms with Crippen molar-refractivity contribution in [2.24, 2.45) is 5.73 Å². The third kappa shape index (κ3) is 18.1. The van der Waals surface area contributed by atoms with E-state index in [9.17, 15) is 48.3 Å². The van der Waals surface area contributed by atoms with Crippen molar-refractivity contribution in [2.45, 2.75) is 133 Å². The molecule has 0 radical (unpaired) electrons. The number of aromatic amines is 2. The number of nitrogens with one attached hydrogen (secondary N) is 12. The first-order chi connectivity index (χ1) is 35.5. The number of imidazole rings is 1. The fraction of sp³-hybridized carbons (Fsp3) is 0.460. The number of fused-ring (bicyclic) bond motifs is 1. The highest BCUT2D eigenvalue weighted by atomic mass is 16.4. The maximum Gasteiger partial charge on any atom is 0.326 e. The number of unbranched alkanes of at least 4 members (excludes halogenated alkanes) is 1. The number of nitrogens with two attached hydrogens (primary N) is 1. The van der Waals surface area contributed by atoms with Gasteiger partial charge in [0.15, 0.2) is 5.96 Å². The molecule has 0 bridgehead atoms. The minimum Gasteiger partial charge on any atom is -0.480 e. The van der Waals surface area contributed by atoms with Crippen molar-refractivity contribution in [3.8, 4) is 0 Å². The van der Waals surface area contributed by atoms with E-state index in [0.717, 1.165) is 10.9 Å². The number of amides is 8. The summed E-state index contributed by atoms with van der Waals surface area (Å²) < 4.78 is 0. The third-order valence-electron chi connectivity index (χ3n) is 12.3. The number of rotatable bonds is 17. The average Bonchev–Trinajstić information content (AvgIpc) is 4.04. The van der Waals surface area contributed by atoms with Crippen LogP contribution in [0.25, 0.3) is 10.9 Å². The van der Waals surface area contributed by atoms with Crippen LogP contribution >= 0.6 is 0 Å². The maximum atomic E-state index is 14.7. The second kappa shape index (κ2) is 28.7. The van der Waals surface area contributed by atoms with Gasteiger partial charge in [-0.05, 0) is 55.7 Å². The summed E-state index contributed by atoms with van der Waals surface area (Å²) in [5, 5.41) is 42.7. The van der Waals surface area contributed by atoms with E-state index in [2.05, 4.69) is 62.8 Å². The second-order valence-electron chi connectivity index (χ2n) is 18.1. The number of H-pyrrole nitrogens is 2. The predicted molar refractivity (Wildman–Crippen MR) is 271 cm³/mol. The highest BCUT2D eigenvalue weighted by molar-refractivity contribution is 5.98. The molecule has 5 rings (SSSR count). The number of aromatic nitrogens is 3. The molecule has 4 aromatic rings. The van der Waals surface area contributed by atoms with E-state index in [1.807, 2.05) is 25.1 Å². The van der Waals surface area contributed by atoms with Crippen LogP contribution < -0.4 is 53.6 Å². The summed E-state index contributed by atoms with van der Waals surface area (Å²) in [7, 11) is 0. The molecule has 24 heteroatoms. The van der Waals surface area contributed by atoms with Crippen LogP contribution in [0.4, 0.5) is 0 Å². The number of carbonyl (C=O) groups is 9. The van der Waals surface area contributed by atoms with Crippen LogP contribution in [-0.4, -0.2) is 135 Å². The van der Waals surface area contributed by atoms with Crippen LogP contribution in [0.2, 0.25) is 0 Å². The summed E-state index contributed by atoms with van der Waals surface area (Å²) >= 11 is 0. The topological polar surface area (TPSA) is 376 Å². The van der Waals surface area contributed by atoms with Gasteiger partial charge in [-0.15, -0.1) is 0 Å². The zero-order chi connectivity index (χ0) is 53.6. The van der Waals surface area contributed by atoms with Gasteiger partial charge in [0.05, 0.1) is 12.0 Å². The van der Waals surface area contributed by atoms with Gasteiger partial charge in [-0.3, -0.25) is 43.8 Å². The molecule has 0 aliphatic carbocycles. The molecule has 15 N–H and O–H groups in total. The summed E-state index contributed by atoms with van der Waals surface area (Å²) in [6.45, 7) is 3.21. The van der Waals surface area contributed by atoms with E-state index in [1.165, 1.54) is 19.4 Å². The Morgan fingerprint density at radius 3 is 2.12 bits per heavy atom. The molecule has 7 atom stereocenters. The minimum absolute atomic E-state index is 0.0469. The Labute approximate surface area is 427 Å². The number of aliphatic carboxylic acids is 1. The molecule has 1 saturated heterocycles. The summed E-state index contributed by atoms with van der Waals surface area (Å²) in [5.74, 6) is -7.71. The van der Waals surface area contributed by atoms with Crippen molar-refractivity contribution in [3.05, 3.63) is 90.1 Å². The lowest BCUT2D eigenvalue weighted by molar-refractivity contribution is -0.142. The van der Waals surface area contributed by atoms with Gasteiger partial charge in [-0.25, -0.2) is 9.78 Å². The third-order valence-corrected chi connectivity index (χ3v) is 12.3. The lowest BCUT2D eigenvalue weighted by Crippen LogP contribution is -2.60. The Morgan fingerprint density at radius 2 is 1.45 bits per heavy atom. The van der Waals surface area contributed by atoms with Gasteiger partial charge in [0.2, 0.25) is 47.3 Å². The van der Waals surface area contributed by atoms with Crippen molar-refractivity contribution >= 4 is 70.1 Å². The molecule has 8 amide bonds. The Kier molecular flexibility index (Phi) is 21.9. The number of para-hydroxylation sites is 1. The molecule has 74 heavy (non-hydrogen) atoms. The average molecular weight is 1030 g/mol. The normalized spacial score (nSPS) is 21.3. The molecule has 0 spiro atoms. The molecular formula is C50H68N14O10. The molecule has 398 valence electrons. The SMILES string of the molecule is CCCC[C@H](NC(C)=O)C(=O)N[C@H]1CCC(=O)NCCC[C@@H](C(=O)O)NC(=O)[C@H](Cc2c[nH]c3ccccc23)NC(=O)[C@H](CCCNC(=N)N)NC(=O)C(Cc2ccccc2)NC(=O)[C@H](Cc2c[nH]cn2)NC1=O. The van der Waals surface area contributed by atoms with Crippen molar-refractivity contribution in [1.82, 2.24) is 62.8 Å². The van der Waals surface area contributed by atoms with E-state index in [4.69, 9.17) is 11.1 Å². The van der Waals surface area contributed by atoms with Crippen LogP contribution in [-0.2, 0) is 62.4 Å². The highest BCUT2D eigenvalue weighted by Crippen LogP contribution is 2.20. The number of nitrogens with zero attached hydrogens (tertiary/aromatic N) is 1. The minimum atomic E-state index is -1.47. The Bertz CT molecular complexity index is 2570. The van der Waals surface area contributed by atoms with Gasteiger partial charge >= 0.3 is 5.97 Å². The van der Waals surface area contributed by atoms with Crippen molar-refractivity contribution < 1.29 is 48.3 Å². The maximum absolute atomic E-state index is 14.7. The summed E-state index contributed by atoms with van der Waals surface area (Å²) in [5.41, 5.74) is 7.82. The fourth-order valence-corrected chi connectivity index (χ4v) is 8.39. The number of carboxylic acid groups (broad SMARTS) is 1. The van der Waals surface area contributed by atoms with Gasteiger partial charge in [0.25, 0.3) is 0 Å². The first kappa shape index (κ1) is 56.6. The first-order valence-corrected chi connectivity index (χ1v) is 24.7. The lowest BCUT2D eigenvalue weighted by atomic mass is 10.0. The van der Waals surface area contributed by atoms with Gasteiger partial charge in [-0.1, -0.05) is 68.3 Å². The van der Waals surface area contributed by atoms with Crippen LogP contribution in [0.1, 0.15) is 88.5 Å². The summed E-state index contributed by atoms with van der Waals surface area (Å²) in [6, 6.07) is 6.35. The van der Waals surface area contributed by atoms with E-state index in [-0.39, 0.29) is 83.3 Å². The van der Waals surface area contributed by atoms with E-state index in [1.54, 1.807) is 42.6 Å². The zero-order valence-corrected chi connectivity index (χ0v) is 41.5. The first-order valence-electron chi connectivity index (χ1n) is 24.7. The van der Waals surface area contributed by atoms with Gasteiger partial charge in [0, 0.05) is 69.0 Å². The zero-order valence-electron chi connectivity index (χ0n) is 41.5. The summed E-state index contributed by atoms with van der Waals surface area (Å²) in [4.78, 5) is 134. The quantitative estimate of drug-likeness (QED) is 0.0363. The Hall–Kier alpha value is -8.31. The monoisotopic (exact) mass is 1020 g/mol. The highest BCUT2D eigenvalue weighted by Gasteiger charge is 2.35. The van der Waals surface area contributed by atoms with Crippen LogP contribution in [0.15, 0.2) is 73.3 Å². The van der Waals surface area contributed by atoms with Crippen LogP contribution in [0.3, 0.4) is 0 Å². The molecule has 1 fully saturated rings. The van der Waals surface area contributed by atoms with Gasteiger partial charge in [0.1, 0.15) is 42.3 Å². The van der Waals surface area contributed by atoms with Gasteiger partial charge in [-0.2, -0.15) is 0 Å². The molecule has 3 heterocycles. The second-order valence-corrected chi connectivity index (χ2v) is 18.1. The number of hydrogen-bond donors (Lipinski definition) is 14. The Balaban J connectivity index is 1.55. The molecule has 1 aliphatic rings. The summed E-state index contributed by atoms with van der Waals surface area (Å²) in [6.07, 6.45) is 5.01. The molecule has 24 nitrogen and oxygen atoms in total. The number of carboxylic acids is 1. The standard InChI is InChI=1S/C50H68N14O10/c1-3-4-15-35(58-29(2)65)43(67)60-37-19-20-42(66)54-21-11-18-38(49(73)74)61-47(71)40(24-31-26-56-34-16-9-8-14-33(31)34)63-44(68)36(17-10-22-55-50(51)52)59-46(70)39(23-30-12-6-5-7-13-30)62-48(72)41(64-45(37)69)25-32-27-53-28-57-32/h5-9,12-14,16,26-28,35-41,56H,3-4,10-11,15,17-25H2,1-2H3,(H,53,57)(H,54,66)(H,58,65)(H,59,70)(H,60,67)(H,61,71)(H,62,72)(H,63,68)(H,64,69)(H,73,74)(H4,51,52,55)/t35-,36-,37-,38-,39?,40-,41-/m0/s1. The molecular weight excluding hydrogens is 957 g/mol. The lowest BCUT2D eigenvalue weighted by Gasteiger charge is -2.28. The molecule has 0 saturated carbocycles. The Morgan fingerprint density at radius 1 is 0.797 bits per heavy atom. The number of hydrogen-bond acceptors (Lipinski definition) is 11. The largest absolute Gasteiger partial charge is 0.480 e. The molecule has 1 unspecified atom stereocenters. The molecule has 2 aromatic heterocycles. The molecule has 1 aliphatic heterocycles. The van der Waals surface area contributed by atoms with Gasteiger partial charge < -0.3 is 68.7 Å². The van der Waals surface area contributed by atoms with E-state index >= 15 is 0 Å². The molecule has 2 aromatic carbocycles. The van der Waals surface area contributed by atoms with Crippen LogP contribution in [0, 0.1) is 5.41 Å².